The van der Waals surface area contributed by atoms with Crippen molar-refractivity contribution >= 4 is 12.0 Å². The lowest BCUT2D eigenvalue weighted by atomic mass is 9.89. The molecule has 0 saturated carbocycles. The molecule has 0 fully saturated rings. The van der Waals surface area contributed by atoms with E-state index in [1.54, 1.807) is 13.8 Å². The zero-order valence-electron chi connectivity index (χ0n) is 15.9. The van der Waals surface area contributed by atoms with Crippen LogP contribution in [0.5, 0.6) is 0 Å². The van der Waals surface area contributed by atoms with Crippen LogP contribution < -0.4 is 10.6 Å². The maximum Gasteiger partial charge on any atom is 0.335 e. The molecule has 0 radical (unpaired) electrons. The van der Waals surface area contributed by atoms with Crippen LogP contribution in [0, 0.1) is 34.6 Å². The fraction of sp³-hybridized carbons (Fsp3) is 0.474. The van der Waals surface area contributed by atoms with Gasteiger partial charge < -0.3 is 15.4 Å². The summed E-state index contributed by atoms with van der Waals surface area (Å²) >= 11 is 0. The molecule has 0 saturated heterocycles. The Balaban J connectivity index is 2.88. The summed E-state index contributed by atoms with van der Waals surface area (Å²) < 4.78 is 4.64. The summed E-state index contributed by atoms with van der Waals surface area (Å²) in [6.07, 6.45) is 0. The number of ether oxygens (including phenoxy) is 1. The average Bonchev–Trinajstić information content (AvgIpc) is 2.56. The Labute approximate surface area is 144 Å². The van der Waals surface area contributed by atoms with Crippen LogP contribution in [-0.4, -0.2) is 19.1 Å². The molecule has 0 bridgehead atoms. The first kappa shape index (κ1) is 19.7. The second kappa shape index (κ2) is 7.99. The Kier molecular flexibility index (Phi) is 6.58. The molecule has 1 aromatic rings. The molecule has 1 rings (SSSR count). The summed E-state index contributed by atoms with van der Waals surface area (Å²) in [5, 5.41) is 5.53. The van der Waals surface area contributed by atoms with Gasteiger partial charge in [0.25, 0.3) is 0 Å². The zero-order valence-corrected chi connectivity index (χ0v) is 15.9. The Hall–Kier alpha value is -2.30. The molecule has 0 unspecified atom stereocenters. The molecule has 2 amide bonds. The highest BCUT2D eigenvalue weighted by Crippen LogP contribution is 2.25. The van der Waals surface area contributed by atoms with Crippen LogP contribution in [0.1, 0.15) is 47.2 Å². The van der Waals surface area contributed by atoms with Gasteiger partial charge in [-0.15, -0.1) is 0 Å². The van der Waals surface area contributed by atoms with E-state index in [1.807, 2.05) is 0 Å². The van der Waals surface area contributed by atoms with E-state index in [0.717, 1.165) is 5.56 Å². The third kappa shape index (κ3) is 4.16. The van der Waals surface area contributed by atoms with Crippen molar-refractivity contribution < 1.29 is 14.3 Å². The zero-order chi connectivity index (χ0) is 18.6. The number of esters is 1. The van der Waals surface area contributed by atoms with E-state index in [9.17, 15) is 9.59 Å². The van der Waals surface area contributed by atoms with Crippen LogP contribution in [-0.2, 0) is 16.1 Å². The van der Waals surface area contributed by atoms with E-state index in [2.05, 4.69) is 50.0 Å². The van der Waals surface area contributed by atoms with E-state index in [0.29, 0.717) is 17.8 Å². The number of hydrogen-bond donors (Lipinski definition) is 2. The van der Waals surface area contributed by atoms with Gasteiger partial charge in [0.1, 0.15) is 0 Å². The van der Waals surface area contributed by atoms with Crippen molar-refractivity contribution in [3.63, 3.8) is 0 Å². The van der Waals surface area contributed by atoms with Gasteiger partial charge in [-0.2, -0.15) is 0 Å². The molecule has 0 aromatic heterocycles. The second-order valence-corrected chi connectivity index (χ2v) is 6.15. The van der Waals surface area contributed by atoms with E-state index in [-0.39, 0.29) is 6.03 Å². The number of carbonyl (C=O) groups excluding carboxylic acids is 2. The number of nitrogens with one attached hydrogen (secondary N) is 2. The van der Waals surface area contributed by atoms with E-state index in [1.165, 1.54) is 34.9 Å². The van der Waals surface area contributed by atoms with Crippen LogP contribution >= 0.6 is 0 Å². The van der Waals surface area contributed by atoms with E-state index in [4.69, 9.17) is 0 Å². The van der Waals surface area contributed by atoms with Crippen LogP contribution in [0.25, 0.3) is 0 Å². The summed E-state index contributed by atoms with van der Waals surface area (Å²) in [7, 11) is 1.31. The van der Waals surface area contributed by atoms with Crippen LogP contribution in [0.15, 0.2) is 11.3 Å². The standard InChI is InChI=1S/C19H28N2O3/c1-10-11(2)13(4)17(14(5)12(10)3)9-20-19(23)21-16(7)15(6)18(22)24-8/h9H2,1-8H3,(H2,20,21,23)/b16-15-. The number of allylic oxidation sites excluding steroid dienone is 1. The first-order valence-corrected chi connectivity index (χ1v) is 7.98. The van der Waals surface area contributed by atoms with Gasteiger partial charge >= 0.3 is 12.0 Å². The quantitative estimate of drug-likeness (QED) is 0.655. The Morgan fingerprint density at radius 1 is 0.875 bits per heavy atom. The van der Waals surface area contributed by atoms with Crippen molar-refractivity contribution in [2.45, 2.75) is 55.0 Å². The predicted octanol–water partition coefficient (Wildman–Crippen LogP) is 3.49. The molecule has 132 valence electrons. The minimum Gasteiger partial charge on any atom is -0.466 e. The van der Waals surface area contributed by atoms with Gasteiger partial charge in [-0.05, 0) is 81.8 Å². The van der Waals surface area contributed by atoms with Crippen molar-refractivity contribution in [1.29, 1.82) is 0 Å². The fourth-order valence-corrected chi connectivity index (χ4v) is 2.63. The van der Waals surface area contributed by atoms with Crippen molar-refractivity contribution in [2.75, 3.05) is 7.11 Å². The first-order valence-electron chi connectivity index (χ1n) is 7.98. The number of urea groups is 1. The summed E-state index contributed by atoms with van der Waals surface area (Å²) in [6, 6.07) is -0.342. The van der Waals surface area contributed by atoms with E-state index < -0.39 is 5.97 Å². The molecular weight excluding hydrogens is 304 g/mol. The van der Waals surface area contributed by atoms with Crippen LogP contribution in [0.2, 0.25) is 0 Å². The molecule has 2 N–H and O–H groups in total. The summed E-state index contributed by atoms with van der Waals surface area (Å²) in [5.41, 5.74) is 8.21. The molecule has 0 aliphatic rings. The number of hydrogen-bond acceptors (Lipinski definition) is 3. The first-order chi connectivity index (χ1) is 11.1. The minimum atomic E-state index is -0.454. The molecule has 0 aliphatic heterocycles. The Morgan fingerprint density at radius 2 is 1.33 bits per heavy atom. The number of benzene rings is 1. The van der Waals surface area contributed by atoms with Crippen molar-refractivity contribution in [2.24, 2.45) is 0 Å². The topological polar surface area (TPSA) is 67.4 Å². The van der Waals surface area contributed by atoms with Gasteiger partial charge in [-0.25, -0.2) is 9.59 Å². The van der Waals surface area contributed by atoms with Gasteiger partial charge in [0.15, 0.2) is 0 Å². The largest absolute Gasteiger partial charge is 0.466 e. The van der Waals surface area contributed by atoms with Crippen molar-refractivity contribution in [3.05, 3.63) is 44.7 Å². The van der Waals surface area contributed by atoms with Crippen LogP contribution in [0.4, 0.5) is 4.79 Å². The molecule has 5 heteroatoms. The number of methoxy groups -OCH3 is 1. The molecule has 0 spiro atoms. The Bertz CT molecular complexity index is 674. The SMILES string of the molecule is COC(=O)/C(C)=C(/C)NC(=O)NCc1c(C)c(C)c(C)c(C)c1C. The number of rotatable bonds is 4. The highest BCUT2D eigenvalue weighted by Gasteiger charge is 2.14. The molecule has 1 aromatic carbocycles. The second-order valence-electron chi connectivity index (χ2n) is 6.15. The fourth-order valence-electron chi connectivity index (χ4n) is 2.63. The molecule has 0 aliphatic carbocycles. The van der Waals surface area contributed by atoms with Gasteiger partial charge in [-0.3, -0.25) is 0 Å². The van der Waals surface area contributed by atoms with Crippen molar-refractivity contribution in [1.82, 2.24) is 10.6 Å². The number of amides is 2. The summed E-state index contributed by atoms with van der Waals surface area (Å²) in [5.74, 6) is -0.454. The third-order valence-corrected chi connectivity index (χ3v) is 4.94. The molecular formula is C19H28N2O3. The normalized spacial score (nSPS) is 11.7. The van der Waals surface area contributed by atoms with Gasteiger partial charge in [0, 0.05) is 12.2 Å². The van der Waals surface area contributed by atoms with Gasteiger partial charge in [-0.1, -0.05) is 0 Å². The maximum atomic E-state index is 12.1. The molecule has 0 heterocycles. The lowest BCUT2D eigenvalue weighted by molar-refractivity contribution is -0.136. The molecule has 24 heavy (non-hydrogen) atoms. The molecule has 0 atom stereocenters. The minimum absolute atomic E-state index is 0.342. The van der Waals surface area contributed by atoms with E-state index >= 15 is 0 Å². The average molecular weight is 332 g/mol. The summed E-state index contributed by atoms with van der Waals surface area (Å²) in [6.45, 7) is 14.2. The lowest BCUT2D eigenvalue weighted by Crippen LogP contribution is -2.35. The number of carbonyl (C=O) groups is 2. The Morgan fingerprint density at radius 3 is 1.79 bits per heavy atom. The highest BCUT2D eigenvalue weighted by molar-refractivity contribution is 5.89. The summed E-state index contributed by atoms with van der Waals surface area (Å²) in [4.78, 5) is 23.6. The maximum absolute atomic E-state index is 12.1. The predicted molar refractivity (Wildman–Crippen MR) is 95.9 cm³/mol. The monoisotopic (exact) mass is 332 g/mol. The smallest absolute Gasteiger partial charge is 0.335 e. The lowest BCUT2D eigenvalue weighted by Gasteiger charge is -2.19. The van der Waals surface area contributed by atoms with Gasteiger partial charge in [0.2, 0.25) is 0 Å². The van der Waals surface area contributed by atoms with Crippen molar-refractivity contribution in [3.8, 4) is 0 Å². The van der Waals surface area contributed by atoms with Crippen LogP contribution in [0.3, 0.4) is 0 Å². The molecule has 5 nitrogen and oxygen atoms in total. The highest BCUT2D eigenvalue weighted by atomic mass is 16.5. The third-order valence-electron chi connectivity index (χ3n) is 4.94. The van der Waals surface area contributed by atoms with Gasteiger partial charge in [0.05, 0.1) is 12.7 Å².